The van der Waals surface area contributed by atoms with E-state index in [2.05, 4.69) is 74.2 Å². The largest absolute Gasteiger partial charge is 0.363 e. The van der Waals surface area contributed by atoms with Crippen LogP contribution in [0, 0.1) is 10.8 Å². The van der Waals surface area contributed by atoms with Crippen LogP contribution < -0.4 is 32.6 Å². The molecule has 0 atom stereocenters. The molecule has 0 amide bonds. The molecule has 0 aliphatic carbocycles. The zero-order valence-electron chi connectivity index (χ0n) is 25.2. The predicted octanol–water partition coefficient (Wildman–Crippen LogP) is 3.08. The molecule has 0 aromatic carbocycles. The summed E-state index contributed by atoms with van der Waals surface area (Å²) in [4.78, 5) is 25.0. The summed E-state index contributed by atoms with van der Waals surface area (Å²) >= 11 is 19.8. The summed E-state index contributed by atoms with van der Waals surface area (Å²) in [6.45, 7) is 17.8. The fourth-order valence-electron chi connectivity index (χ4n) is 4.45. The molecule has 232 valence electrons. The number of thiol groups is 2. The van der Waals surface area contributed by atoms with Crippen molar-refractivity contribution in [3.63, 3.8) is 0 Å². The van der Waals surface area contributed by atoms with Gasteiger partial charge in [-0.15, -0.1) is 25.3 Å². The number of hydrogen-bond donors (Lipinski definition) is 6. The van der Waals surface area contributed by atoms with Crippen molar-refractivity contribution >= 4 is 59.9 Å². The number of aromatic nitrogens is 4. The minimum absolute atomic E-state index is 0.0216. The smallest absolute Gasteiger partial charge is 0.329 e. The summed E-state index contributed by atoms with van der Waals surface area (Å²) in [6, 6.07) is 0. The van der Waals surface area contributed by atoms with Gasteiger partial charge in [-0.1, -0.05) is 27.7 Å². The Morgan fingerprint density at radius 1 is 0.707 bits per heavy atom. The Morgan fingerprint density at radius 2 is 1.05 bits per heavy atom. The van der Waals surface area contributed by atoms with E-state index in [4.69, 9.17) is 24.4 Å². The zero-order chi connectivity index (χ0) is 30.8. The first kappa shape index (κ1) is 35.3. The van der Waals surface area contributed by atoms with Gasteiger partial charge in [0.05, 0.1) is 10.1 Å². The van der Waals surface area contributed by atoms with Crippen molar-refractivity contribution in [3.05, 3.63) is 33.4 Å². The molecule has 0 saturated carbocycles. The maximum atomic E-state index is 12.5. The molecule has 0 fully saturated rings. The van der Waals surface area contributed by atoms with Gasteiger partial charge in [-0.25, -0.2) is 9.59 Å². The number of nitrogens with zero attached hydrogens (tertiary/aromatic N) is 4. The monoisotopic (exact) mass is 644 g/mol. The van der Waals surface area contributed by atoms with E-state index in [0.29, 0.717) is 59.5 Å². The van der Waals surface area contributed by atoms with E-state index in [1.807, 2.05) is 13.8 Å². The van der Waals surface area contributed by atoms with Crippen LogP contribution in [0.1, 0.15) is 60.8 Å². The first-order valence-electron chi connectivity index (χ1n) is 14.2. The maximum Gasteiger partial charge on any atom is 0.329 e. The van der Waals surface area contributed by atoms with Crippen LogP contribution in [0.25, 0.3) is 0 Å². The van der Waals surface area contributed by atoms with Crippen LogP contribution in [0.5, 0.6) is 0 Å². The topological polar surface area (TPSA) is 102 Å². The molecule has 0 saturated heterocycles. The summed E-state index contributed by atoms with van der Waals surface area (Å²) in [5.74, 6) is 0. The number of thiocarbonyl (C=S) groups is 2. The van der Waals surface area contributed by atoms with Gasteiger partial charge in [0.25, 0.3) is 0 Å². The highest BCUT2D eigenvalue weighted by Crippen LogP contribution is 2.24. The quantitative estimate of drug-likeness (QED) is 0.0943. The van der Waals surface area contributed by atoms with Gasteiger partial charge in [0, 0.05) is 64.8 Å². The van der Waals surface area contributed by atoms with Gasteiger partial charge in [0.1, 0.15) is 0 Å². The van der Waals surface area contributed by atoms with Crippen LogP contribution >= 0.6 is 49.7 Å². The lowest BCUT2D eigenvalue weighted by atomic mass is 9.89. The van der Waals surface area contributed by atoms with Crippen molar-refractivity contribution in [2.45, 2.75) is 97.0 Å². The molecule has 10 nitrogen and oxygen atoms in total. The van der Waals surface area contributed by atoms with Crippen LogP contribution in [-0.2, 0) is 26.2 Å². The molecule has 0 radical (unpaired) electrons. The molecule has 2 aromatic heterocycles. The Morgan fingerprint density at radius 3 is 1.37 bits per heavy atom. The lowest BCUT2D eigenvalue weighted by Gasteiger charge is -2.26. The highest BCUT2D eigenvalue weighted by Gasteiger charge is 2.23. The number of rotatable bonds is 16. The molecular formula is C27H48N8O2S4. The second-order valence-corrected chi connectivity index (χ2v) is 13.6. The van der Waals surface area contributed by atoms with Crippen LogP contribution in [-0.4, -0.2) is 54.7 Å². The molecule has 0 spiro atoms. The Kier molecular flexibility index (Phi) is 13.8. The van der Waals surface area contributed by atoms with E-state index in [1.165, 1.54) is 0 Å². The van der Waals surface area contributed by atoms with E-state index < -0.39 is 0 Å². The van der Waals surface area contributed by atoms with Crippen molar-refractivity contribution in [2.24, 2.45) is 10.8 Å². The summed E-state index contributed by atoms with van der Waals surface area (Å²) in [5, 5.41) is 15.6. The van der Waals surface area contributed by atoms with Crippen LogP contribution in [0.4, 0.5) is 0 Å². The summed E-state index contributed by atoms with van der Waals surface area (Å²) in [7, 11) is 0. The van der Waals surface area contributed by atoms with Gasteiger partial charge in [-0.3, -0.25) is 18.3 Å². The Balaban J connectivity index is 1.59. The van der Waals surface area contributed by atoms with Crippen molar-refractivity contribution in [1.29, 1.82) is 0 Å². The standard InChI is InChI=1S/C27H48N8O2S4/c1-7-32-16-20(38)34(24(32)36)18-26(3,4)10-14-30-22(40)28-12-9-13-29-23(41)31-15-11-27(5,6)19-35-21(39)17-33(8-2)25(35)37/h16-17,38-39H,7-15,18-19H2,1-6H3,(H2,28,30,40)(H2,29,31,41). The van der Waals surface area contributed by atoms with Crippen molar-refractivity contribution in [1.82, 2.24) is 39.5 Å². The first-order chi connectivity index (χ1) is 19.2. The molecule has 41 heavy (non-hydrogen) atoms. The molecule has 0 bridgehead atoms. The fraction of sp³-hybridized carbons (Fsp3) is 0.704. The normalized spacial score (nSPS) is 11.9. The number of aryl methyl sites for hydroxylation is 2. The molecule has 0 aliphatic rings. The molecule has 0 unspecified atom stereocenters. The van der Waals surface area contributed by atoms with Gasteiger partial charge < -0.3 is 21.3 Å². The van der Waals surface area contributed by atoms with E-state index in [1.54, 1.807) is 30.7 Å². The van der Waals surface area contributed by atoms with E-state index in [9.17, 15) is 9.59 Å². The van der Waals surface area contributed by atoms with Crippen molar-refractivity contribution in [3.8, 4) is 0 Å². The molecular weight excluding hydrogens is 597 g/mol. The third-order valence-electron chi connectivity index (χ3n) is 7.00. The molecule has 2 aromatic rings. The summed E-state index contributed by atoms with van der Waals surface area (Å²) in [6.07, 6.45) is 6.12. The van der Waals surface area contributed by atoms with E-state index in [0.717, 1.165) is 32.4 Å². The third-order valence-corrected chi connectivity index (χ3v) is 8.29. The first-order valence-corrected chi connectivity index (χ1v) is 15.9. The highest BCUT2D eigenvalue weighted by molar-refractivity contribution is 7.80. The second-order valence-electron chi connectivity index (χ2n) is 11.8. The SMILES string of the molecule is CCn1cc(S)n(CC(C)(C)CCNC(=S)NCCCNC(=S)NCCC(C)(C)Cn2c(S)cn(CC)c2=O)c1=O. The number of hydrogen-bond acceptors (Lipinski definition) is 6. The molecule has 4 N–H and O–H groups in total. The predicted molar refractivity (Wildman–Crippen MR) is 182 cm³/mol. The number of nitrogens with one attached hydrogen (secondary N) is 4. The van der Waals surface area contributed by atoms with Crippen LogP contribution in [0.2, 0.25) is 0 Å². The molecule has 2 rings (SSSR count). The third kappa shape index (κ3) is 11.4. The van der Waals surface area contributed by atoms with Gasteiger partial charge in [0.2, 0.25) is 0 Å². The second kappa shape index (κ2) is 16.1. The van der Waals surface area contributed by atoms with Crippen LogP contribution in [0.3, 0.4) is 0 Å². The maximum absolute atomic E-state index is 12.5. The van der Waals surface area contributed by atoms with Gasteiger partial charge in [-0.05, 0) is 68.4 Å². The van der Waals surface area contributed by atoms with E-state index >= 15 is 0 Å². The van der Waals surface area contributed by atoms with Crippen molar-refractivity contribution < 1.29 is 0 Å². The average Bonchev–Trinajstić information content (AvgIpc) is 3.31. The molecule has 14 heteroatoms. The number of imidazole rings is 2. The van der Waals surface area contributed by atoms with Gasteiger partial charge in [-0.2, -0.15) is 0 Å². The molecule has 0 aliphatic heterocycles. The van der Waals surface area contributed by atoms with E-state index in [-0.39, 0.29) is 22.2 Å². The summed E-state index contributed by atoms with van der Waals surface area (Å²) < 4.78 is 6.79. The van der Waals surface area contributed by atoms with Crippen molar-refractivity contribution in [2.75, 3.05) is 26.2 Å². The lowest BCUT2D eigenvalue weighted by Crippen LogP contribution is -2.41. The van der Waals surface area contributed by atoms with Crippen LogP contribution in [0.15, 0.2) is 32.0 Å². The average molecular weight is 645 g/mol. The molecule has 2 heterocycles. The summed E-state index contributed by atoms with van der Waals surface area (Å²) in [5.41, 5.74) is -0.237. The Bertz CT molecular complexity index is 1180. The zero-order valence-corrected chi connectivity index (χ0v) is 28.7. The van der Waals surface area contributed by atoms with Gasteiger partial charge in [0.15, 0.2) is 10.2 Å². The Hall–Kier alpha value is -1.90. The lowest BCUT2D eigenvalue weighted by molar-refractivity contribution is 0.270. The fourth-order valence-corrected chi connectivity index (χ4v) is 5.44. The minimum Gasteiger partial charge on any atom is -0.363 e. The minimum atomic E-state index is -0.0971. The highest BCUT2D eigenvalue weighted by atomic mass is 32.1. The Labute approximate surface area is 265 Å². The van der Waals surface area contributed by atoms with Gasteiger partial charge >= 0.3 is 11.4 Å².